The Morgan fingerprint density at radius 3 is 2.46 bits per heavy atom. The Balaban J connectivity index is 2.28. The summed E-state index contributed by atoms with van der Waals surface area (Å²) in [7, 11) is 0. The smallest absolute Gasteiger partial charge is 0.308 e. The van der Waals surface area contributed by atoms with Crippen LogP contribution >= 0.6 is 0 Å². The molecule has 0 aliphatic carbocycles. The topological polar surface area (TPSA) is 51.5 Å². The number of rotatable bonds is 4. The second-order valence-corrected chi connectivity index (χ2v) is 6.21. The fraction of sp³-hybridized carbons (Fsp3) is 0.250. The molecule has 4 nitrogen and oxygen atoms in total. The lowest BCUT2D eigenvalue weighted by Crippen LogP contribution is -2.09. The van der Waals surface area contributed by atoms with Gasteiger partial charge in [-0.05, 0) is 23.6 Å². The first-order chi connectivity index (χ1) is 11.5. The minimum atomic E-state index is -0.390. The Kier molecular flexibility index (Phi) is 4.30. The summed E-state index contributed by atoms with van der Waals surface area (Å²) in [5, 5.41) is 10.9. The molecule has 0 bridgehead atoms. The predicted octanol–water partition coefficient (Wildman–Crippen LogP) is 4.44. The molecule has 1 N–H and O–H groups in total. The van der Waals surface area contributed by atoms with Crippen LogP contribution < -0.4 is 4.74 Å². The molecule has 4 heteroatoms. The first kappa shape index (κ1) is 16.1. The van der Waals surface area contributed by atoms with Crippen molar-refractivity contribution in [2.45, 2.75) is 33.2 Å². The van der Waals surface area contributed by atoms with Gasteiger partial charge in [0.25, 0.3) is 0 Å². The number of hydrogen-bond donors (Lipinski definition) is 1. The van der Waals surface area contributed by atoms with Gasteiger partial charge in [0.15, 0.2) is 5.75 Å². The number of nitrogens with zero attached hydrogens (tertiary/aromatic N) is 1. The van der Waals surface area contributed by atoms with Crippen molar-refractivity contribution in [3.8, 4) is 11.5 Å². The first-order valence-corrected chi connectivity index (χ1v) is 8.05. The lowest BCUT2D eigenvalue weighted by Gasteiger charge is -2.14. The number of phenolic OH excluding ortho intramolecular Hbond substituents is 1. The van der Waals surface area contributed by atoms with Gasteiger partial charge in [0.1, 0.15) is 5.75 Å². The molecule has 0 aliphatic rings. The minimum Gasteiger partial charge on any atom is -0.507 e. The van der Waals surface area contributed by atoms with E-state index in [0.717, 1.165) is 16.8 Å². The molecule has 0 saturated carbocycles. The summed E-state index contributed by atoms with van der Waals surface area (Å²) >= 11 is 0. The summed E-state index contributed by atoms with van der Waals surface area (Å²) in [5.41, 5.74) is 2.92. The van der Waals surface area contributed by atoms with E-state index in [1.807, 2.05) is 24.3 Å². The zero-order chi connectivity index (χ0) is 17.3. The number of esters is 1. The number of carbonyl (C=O) groups is 1. The van der Waals surface area contributed by atoms with E-state index in [1.165, 1.54) is 6.92 Å². The standard InChI is InChI=1S/C20H21NO3/c1-13(2)19-20(24-14(3)22)18-16(10-7-11-17(18)23)21(19)12-15-8-5-4-6-9-15/h4-11,13,23H,12H2,1-3H3. The highest BCUT2D eigenvalue weighted by Crippen LogP contribution is 2.42. The van der Waals surface area contributed by atoms with Gasteiger partial charge in [-0.2, -0.15) is 0 Å². The van der Waals surface area contributed by atoms with Crippen molar-refractivity contribution in [1.29, 1.82) is 0 Å². The first-order valence-electron chi connectivity index (χ1n) is 8.05. The SMILES string of the molecule is CC(=O)Oc1c(C(C)C)n(Cc2ccccc2)c2cccc(O)c12. The number of carbonyl (C=O) groups excluding carboxylic acids is 1. The third-order valence-corrected chi connectivity index (χ3v) is 4.04. The highest BCUT2D eigenvalue weighted by Gasteiger charge is 2.24. The number of hydrogen-bond acceptors (Lipinski definition) is 3. The highest BCUT2D eigenvalue weighted by molar-refractivity contribution is 5.95. The quantitative estimate of drug-likeness (QED) is 0.722. The third-order valence-electron chi connectivity index (χ3n) is 4.04. The van der Waals surface area contributed by atoms with Gasteiger partial charge in [-0.3, -0.25) is 4.79 Å². The van der Waals surface area contributed by atoms with E-state index >= 15 is 0 Å². The van der Waals surface area contributed by atoms with Gasteiger partial charge in [-0.1, -0.05) is 50.2 Å². The summed E-state index contributed by atoms with van der Waals surface area (Å²) in [6, 6.07) is 15.5. The number of ether oxygens (including phenoxy) is 1. The van der Waals surface area contributed by atoms with Crippen molar-refractivity contribution in [3.63, 3.8) is 0 Å². The van der Waals surface area contributed by atoms with Crippen molar-refractivity contribution in [3.05, 3.63) is 59.8 Å². The second-order valence-electron chi connectivity index (χ2n) is 6.21. The van der Waals surface area contributed by atoms with Gasteiger partial charge >= 0.3 is 5.97 Å². The zero-order valence-corrected chi connectivity index (χ0v) is 14.1. The Morgan fingerprint density at radius 2 is 1.83 bits per heavy atom. The molecular formula is C20H21NO3. The van der Waals surface area contributed by atoms with Crippen LogP contribution in [0.25, 0.3) is 10.9 Å². The average molecular weight is 323 g/mol. The number of benzene rings is 2. The predicted molar refractivity (Wildman–Crippen MR) is 94.5 cm³/mol. The van der Waals surface area contributed by atoms with Gasteiger partial charge in [-0.15, -0.1) is 0 Å². The number of phenols is 1. The highest BCUT2D eigenvalue weighted by atomic mass is 16.5. The van der Waals surface area contributed by atoms with Gasteiger partial charge < -0.3 is 14.4 Å². The van der Waals surface area contributed by atoms with Crippen LogP contribution in [0.2, 0.25) is 0 Å². The maximum atomic E-state index is 11.6. The Labute approximate surface area is 141 Å². The van der Waals surface area contributed by atoms with E-state index in [4.69, 9.17) is 4.74 Å². The van der Waals surface area contributed by atoms with E-state index in [-0.39, 0.29) is 17.6 Å². The second kappa shape index (κ2) is 6.40. The number of fused-ring (bicyclic) bond motifs is 1. The van der Waals surface area contributed by atoms with Gasteiger partial charge in [0, 0.05) is 13.5 Å². The molecular weight excluding hydrogens is 302 g/mol. The molecule has 1 heterocycles. The molecule has 0 spiro atoms. The molecule has 3 rings (SSSR count). The zero-order valence-electron chi connectivity index (χ0n) is 14.1. The van der Waals surface area contributed by atoms with Crippen LogP contribution in [0.1, 0.15) is 37.9 Å². The Hall–Kier alpha value is -2.75. The lowest BCUT2D eigenvalue weighted by molar-refractivity contribution is -0.131. The largest absolute Gasteiger partial charge is 0.507 e. The lowest BCUT2D eigenvalue weighted by atomic mass is 10.1. The molecule has 2 aromatic carbocycles. The Bertz CT molecular complexity index is 879. The number of aromatic hydroxyl groups is 1. The van der Waals surface area contributed by atoms with Gasteiger partial charge in [-0.25, -0.2) is 0 Å². The summed E-state index contributed by atoms with van der Waals surface area (Å²) in [4.78, 5) is 11.6. The van der Waals surface area contributed by atoms with Crippen LogP contribution in [0.3, 0.4) is 0 Å². The average Bonchev–Trinajstić information content (AvgIpc) is 2.83. The summed E-state index contributed by atoms with van der Waals surface area (Å²) in [5.74, 6) is 0.327. The molecule has 0 amide bonds. The molecule has 0 radical (unpaired) electrons. The van der Waals surface area contributed by atoms with Gasteiger partial charge in [0.2, 0.25) is 0 Å². The molecule has 3 aromatic rings. The molecule has 0 atom stereocenters. The normalized spacial score (nSPS) is 11.2. The van der Waals surface area contributed by atoms with Crippen molar-refractivity contribution in [2.24, 2.45) is 0 Å². The summed E-state index contributed by atoms with van der Waals surface area (Å²) in [6.07, 6.45) is 0. The van der Waals surface area contributed by atoms with Crippen molar-refractivity contribution < 1.29 is 14.6 Å². The van der Waals surface area contributed by atoms with Crippen LogP contribution in [0.15, 0.2) is 48.5 Å². The van der Waals surface area contributed by atoms with E-state index in [0.29, 0.717) is 17.7 Å². The minimum absolute atomic E-state index is 0.123. The fourth-order valence-electron chi connectivity index (χ4n) is 3.12. The molecule has 0 aliphatic heterocycles. The van der Waals surface area contributed by atoms with Crippen molar-refractivity contribution >= 4 is 16.9 Å². The monoisotopic (exact) mass is 323 g/mol. The fourth-order valence-corrected chi connectivity index (χ4v) is 3.12. The van der Waals surface area contributed by atoms with Crippen LogP contribution in [-0.4, -0.2) is 15.6 Å². The number of aromatic nitrogens is 1. The molecule has 124 valence electrons. The van der Waals surface area contributed by atoms with Crippen LogP contribution in [-0.2, 0) is 11.3 Å². The van der Waals surface area contributed by atoms with E-state index in [9.17, 15) is 9.90 Å². The molecule has 0 saturated heterocycles. The molecule has 0 unspecified atom stereocenters. The molecule has 0 fully saturated rings. The maximum Gasteiger partial charge on any atom is 0.308 e. The van der Waals surface area contributed by atoms with E-state index < -0.39 is 0 Å². The van der Waals surface area contributed by atoms with Crippen molar-refractivity contribution in [1.82, 2.24) is 4.57 Å². The maximum absolute atomic E-state index is 11.6. The Morgan fingerprint density at radius 1 is 1.12 bits per heavy atom. The van der Waals surface area contributed by atoms with Crippen LogP contribution in [0.5, 0.6) is 11.5 Å². The van der Waals surface area contributed by atoms with Crippen molar-refractivity contribution in [2.75, 3.05) is 0 Å². The summed E-state index contributed by atoms with van der Waals surface area (Å²) in [6.45, 7) is 6.14. The van der Waals surface area contributed by atoms with Crippen LogP contribution in [0.4, 0.5) is 0 Å². The van der Waals surface area contributed by atoms with Crippen LogP contribution in [0, 0.1) is 0 Å². The third kappa shape index (κ3) is 2.87. The van der Waals surface area contributed by atoms with Gasteiger partial charge in [0.05, 0.1) is 16.6 Å². The molecule has 1 aromatic heterocycles. The summed E-state index contributed by atoms with van der Waals surface area (Å²) < 4.78 is 7.62. The van der Waals surface area contributed by atoms with E-state index in [1.54, 1.807) is 12.1 Å². The van der Waals surface area contributed by atoms with E-state index in [2.05, 4.69) is 30.5 Å². The molecule has 24 heavy (non-hydrogen) atoms.